The van der Waals surface area contributed by atoms with Gasteiger partial charge in [-0.1, -0.05) is 23.7 Å². The quantitative estimate of drug-likeness (QED) is 0.686. The maximum Gasteiger partial charge on any atom is 0.352 e. The Hall–Kier alpha value is -1.59. The van der Waals surface area contributed by atoms with Crippen LogP contribution < -0.4 is 5.63 Å². The molecule has 4 nitrogen and oxygen atoms in total. The molecule has 0 spiro atoms. The number of hydrogen-bond acceptors (Lipinski definition) is 3. The fourth-order valence-corrected chi connectivity index (χ4v) is 2.74. The normalized spacial score (nSPS) is 11.2. The number of halogens is 2. The molecule has 108 valence electrons. The zero-order valence-electron chi connectivity index (χ0n) is 11.5. The third kappa shape index (κ3) is 2.51. The Morgan fingerprint density at radius 1 is 1.29 bits per heavy atom. The molecule has 0 aliphatic heterocycles. The van der Waals surface area contributed by atoms with E-state index < -0.39 is 5.63 Å². The summed E-state index contributed by atoms with van der Waals surface area (Å²) in [5.41, 5.74) is 2.85. The van der Waals surface area contributed by atoms with Crippen LogP contribution in [0, 0.1) is 13.8 Å². The molecular weight excluding hydrogens is 356 g/mol. The van der Waals surface area contributed by atoms with Gasteiger partial charge in [-0.2, -0.15) is 0 Å². The first kappa shape index (κ1) is 14.4. The average molecular weight is 368 g/mol. The Morgan fingerprint density at radius 3 is 2.62 bits per heavy atom. The fraction of sp³-hybridized carbons (Fsp3) is 0.200. The summed E-state index contributed by atoms with van der Waals surface area (Å²) in [6.07, 6.45) is 0. The summed E-state index contributed by atoms with van der Waals surface area (Å²) in [6, 6.07) is 7.59. The largest absolute Gasteiger partial charge is 0.401 e. The lowest BCUT2D eigenvalue weighted by molar-refractivity contribution is 0.531. The molecule has 2 heterocycles. The molecule has 3 aromatic rings. The number of nitrogens with zero attached hydrogens (tertiary/aromatic N) is 2. The lowest BCUT2D eigenvalue weighted by Gasteiger charge is -2.04. The van der Waals surface area contributed by atoms with Gasteiger partial charge in [0, 0.05) is 10.7 Å². The third-order valence-corrected chi connectivity index (χ3v) is 4.66. The van der Waals surface area contributed by atoms with Crippen LogP contribution in [0.4, 0.5) is 0 Å². The van der Waals surface area contributed by atoms with Gasteiger partial charge in [0.05, 0.1) is 11.9 Å². The minimum atomic E-state index is -0.406. The van der Waals surface area contributed by atoms with Crippen molar-refractivity contribution < 1.29 is 4.42 Å². The first-order valence-electron chi connectivity index (χ1n) is 6.38. The van der Waals surface area contributed by atoms with Crippen LogP contribution in [-0.4, -0.2) is 9.78 Å². The van der Waals surface area contributed by atoms with Crippen molar-refractivity contribution in [2.75, 3.05) is 0 Å². The van der Waals surface area contributed by atoms with E-state index in [1.807, 2.05) is 42.8 Å². The molecule has 6 heteroatoms. The topological polar surface area (TPSA) is 48.0 Å². The molecule has 0 radical (unpaired) electrons. The monoisotopic (exact) mass is 366 g/mol. The third-order valence-electron chi connectivity index (χ3n) is 3.49. The van der Waals surface area contributed by atoms with Crippen molar-refractivity contribution in [1.29, 1.82) is 0 Å². The predicted molar refractivity (Wildman–Crippen MR) is 86.0 cm³/mol. The summed E-state index contributed by atoms with van der Waals surface area (Å²) in [6.45, 7) is 4.44. The lowest BCUT2D eigenvalue weighted by atomic mass is 10.2. The summed E-state index contributed by atoms with van der Waals surface area (Å²) in [4.78, 5) is 11.7. The zero-order chi connectivity index (χ0) is 15.1. The molecule has 2 aromatic heterocycles. The van der Waals surface area contributed by atoms with E-state index in [0.717, 1.165) is 22.2 Å². The Balaban J connectivity index is 2.12. The van der Waals surface area contributed by atoms with E-state index in [2.05, 4.69) is 21.0 Å². The molecular formula is C15H12BrClN2O2. The number of rotatable bonds is 2. The van der Waals surface area contributed by atoms with Gasteiger partial charge in [-0.3, -0.25) is 4.68 Å². The number of benzene rings is 1. The molecule has 21 heavy (non-hydrogen) atoms. The molecule has 0 aliphatic rings. The molecule has 0 saturated heterocycles. The highest BCUT2D eigenvalue weighted by molar-refractivity contribution is 9.10. The van der Waals surface area contributed by atoms with Crippen LogP contribution >= 0.6 is 27.5 Å². The van der Waals surface area contributed by atoms with E-state index in [4.69, 9.17) is 16.0 Å². The summed E-state index contributed by atoms with van der Waals surface area (Å²) in [5.74, 6) is 0. The highest BCUT2D eigenvalue weighted by atomic mass is 79.9. The Labute approximate surface area is 134 Å². The van der Waals surface area contributed by atoms with Crippen LogP contribution in [0.15, 0.2) is 37.9 Å². The van der Waals surface area contributed by atoms with E-state index in [0.29, 0.717) is 21.8 Å². The minimum Gasteiger partial charge on any atom is -0.401 e. The molecule has 3 rings (SSSR count). The van der Waals surface area contributed by atoms with Crippen LogP contribution in [0.25, 0.3) is 11.1 Å². The second-order valence-corrected chi connectivity index (χ2v) is 6.11. The lowest BCUT2D eigenvalue weighted by Crippen LogP contribution is -2.03. The van der Waals surface area contributed by atoms with Gasteiger partial charge in [0.2, 0.25) is 5.71 Å². The predicted octanol–water partition coefficient (Wildman–Crippen LogP) is 4.07. The molecule has 0 unspecified atom stereocenters. The van der Waals surface area contributed by atoms with Gasteiger partial charge >= 0.3 is 5.63 Å². The summed E-state index contributed by atoms with van der Waals surface area (Å²) in [5, 5.41) is 5.96. The van der Waals surface area contributed by atoms with Crippen molar-refractivity contribution in [1.82, 2.24) is 9.78 Å². The molecule has 0 atom stereocenters. The SMILES string of the molecule is Cc1c(Br)c(=O)oc2nn(Cc3ccc(Cl)cc3)c(C)c12. The Bertz CT molecular complexity index is 881. The number of aromatic nitrogens is 2. The van der Waals surface area contributed by atoms with Crippen LogP contribution in [-0.2, 0) is 6.54 Å². The molecule has 0 N–H and O–H groups in total. The fourth-order valence-electron chi connectivity index (χ4n) is 2.33. The number of aryl methyl sites for hydroxylation is 2. The number of hydrogen-bond donors (Lipinski definition) is 0. The van der Waals surface area contributed by atoms with E-state index in [-0.39, 0.29) is 0 Å². The molecule has 1 aromatic carbocycles. The first-order valence-corrected chi connectivity index (χ1v) is 7.55. The Morgan fingerprint density at radius 2 is 1.95 bits per heavy atom. The maximum atomic E-state index is 11.7. The van der Waals surface area contributed by atoms with Gasteiger partial charge in [-0.25, -0.2) is 4.79 Å². The van der Waals surface area contributed by atoms with Crippen molar-refractivity contribution in [2.24, 2.45) is 0 Å². The molecule has 0 aliphatic carbocycles. The molecule has 0 amide bonds. The standard InChI is InChI=1S/C15H12BrClN2O2/c1-8-12-9(2)19(7-10-3-5-11(17)6-4-10)18-14(12)21-15(20)13(8)16/h3-6H,7H2,1-2H3. The van der Waals surface area contributed by atoms with Crippen LogP contribution in [0.3, 0.4) is 0 Å². The van der Waals surface area contributed by atoms with Crippen molar-refractivity contribution in [3.05, 3.63) is 61.0 Å². The Kier molecular flexibility index (Phi) is 3.63. The highest BCUT2D eigenvalue weighted by Gasteiger charge is 2.16. The van der Waals surface area contributed by atoms with Gasteiger partial charge in [0.25, 0.3) is 0 Å². The minimum absolute atomic E-state index is 0.368. The van der Waals surface area contributed by atoms with Crippen LogP contribution in [0.1, 0.15) is 16.8 Å². The second kappa shape index (κ2) is 5.31. The van der Waals surface area contributed by atoms with Gasteiger partial charge in [-0.15, -0.1) is 5.10 Å². The van der Waals surface area contributed by atoms with E-state index in [1.165, 1.54) is 0 Å². The zero-order valence-corrected chi connectivity index (χ0v) is 13.8. The molecule has 0 fully saturated rings. The van der Waals surface area contributed by atoms with Crippen molar-refractivity contribution in [3.8, 4) is 0 Å². The van der Waals surface area contributed by atoms with Gasteiger partial charge in [-0.05, 0) is 53.0 Å². The number of fused-ring (bicyclic) bond motifs is 1. The van der Waals surface area contributed by atoms with Crippen molar-refractivity contribution in [3.63, 3.8) is 0 Å². The summed E-state index contributed by atoms with van der Waals surface area (Å²) in [7, 11) is 0. The average Bonchev–Trinajstić information content (AvgIpc) is 2.75. The highest BCUT2D eigenvalue weighted by Crippen LogP contribution is 2.25. The second-order valence-electron chi connectivity index (χ2n) is 4.88. The van der Waals surface area contributed by atoms with Crippen molar-refractivity contribution >= 4 is 38.6 Å². The van der Waals surface area contributed by atoms with Crippen LogP contribution in [0.5, 0.6) is 0 Å². The van der Waals surface area contributed by atoms with Crippen molar-refractivity contribution in [2.45, 2.75) is 20.4 Å². The van der Waals surface area contributed by atoms with E-state index >= 15 is 0 Å². The smallest absolute Gasteiger partial charge is 0.352 e. The van der Waals surface area contributed by atoms with Gasteiger partial charge in [0.1, 0.15) is 4.47 Å². The summed E-state index contributed by atoms with van der Waals surface area (Å²) >= 11 is 9.15. The van der Waals surface area contributed by atoms with Gasteiger partial charge in [0.15, 0.2) is 0 Å². The van der Waals surface area contributed by atoms with E-state index in [1.54, 1.807) is 0 Å². The van der Waals surface area contributed by atoms with Crippen LogP contribution in [0.2, 0.25) is 5.02 Å². The molecule has 0 bridgehead atoms. The van der Waals surface area contributed by atoms with Gasteiger partial charge < -0.3 is 4.42 Å². The first-order chi connectivity index (χ1) is 9.97. The maximum absolute atomic E-state index is 11.7. The summed E-state index contributed by atoms with van der Waals surface area (Å²) < 4.78 is 7.51. The van der Waals surface area contributed by atoms with E-state index in [9.17, 15) is 4.79 Å². The molecule has 0 saturated carbocycles.